The van der Waals surface area contributed by atoms with Gasteiger partial charge in [0.1, 0.15) is 12.4 Å². The van der Waals surface area contributed by atoms with Gasteiger partial charge in [0.05, 0.1) is 0 Å². The van der Waals surface area contributed by atoms with Gasteiger partial charge in [0.2, 0.25) is 0 Å². The number of hydrogen-bond acceptors (Lipinski definition) is 3. The normalized spacial score (nSPS) is 10.3. The zero-order chi connectivity index (χ0) is 14.4. The minimum atomic E-state index is -0.369. The number of anilines is 1. The Balaban J connectivity index is 2.01. The molecule has 2 aromatic rings. The number of pyridine rings is 1. The van der Waals surface area contributed by atoms with E-state index in [1.165, 1.54) is 6.07 Å². The number of aromatic nitrogens is 1. The molecule has 1 aromatic carbocycles. The van der Waals surface area contributed by atoms with Gasteiger partial charge in [0, 0.05) is 17.2 Å². The second-order valence-corrected chi connectivity index (χ2v) is 5.26. The first-order valence-electron chi connectivity index (χ1n) is 6.45. The maximum atomic E-state index is 13.5. The highest BCUT2D eigenvalue weighted by molar-refractivity contribution is 9.10. The van der Waals surface area contributed by atoms with Crippen LogP contribution in [0.2, 0.25) is 0 Å². The van der Waals surface area contributed by atoms with E-state index in [2.05, 4.69) is 33.2 Å². The highest BCUT2D eigenvalue weighted by atomic mass is 79.9. The Hall–Kier alpha value is -1.62. The number of rotatable bonds is 6. The van der Waals surface area contributed by atoms with E-state index in [-0.39, 0.29) is 11.6 Å². The van der Waals surface area contributed by atoms with E-state index < -0.39 is 0 Å². The van der Waals surface area contributed by atoms with E-state index in [0.717, 1.165) is 28.8 Å². The first-order chi connectivity index (χ1) is 9.69. The van der Waals surface area contributed by atoms with Gasteiger partial charge in [-0.15, -0.1) is 0 Å². The van der Waals surface area contributed by atoms with Crippen molar-refractivity contribution < 1.29 is 9.13 Å². The van der Waals surface area contributed by atoms with Gasteiger partial charge in [-0.3, -0.25) is 0 Å². The zero-order valence-corrected chi connectivity index (χ0v) is 12.8. The minimum absolute atomic E-state index is 0.235. The van der Waals surface area contributed by atoms with Gasteiger partial charge in [-0.2, -0.15) is 0 Å². The lowest BCUT2D eigenvalue weighted by Crippen LogP contribution is -2.03. The van der Waals surface area contributed by atoms with Crippen LogP contribution in [0.4, 0.5) is 10.2 Å². The summed E-state index contributed by atoms with van der Waals surface area (Å²) in [4.78, 5) is 4.22. The molecule has 106 valence electrons. The quantitative estimate of drug-likeness (QED) is 0.848. The van der Waals surface area contributed by atoms with Gasteiger partial charge < -0.3 is 10.1 Å². The van der Waals surface area contributed by atoms with Crippen molar-refractivity contribution in [3.63, 3.8) is 0 Å². The molecule has 0 aliphatic rings. The van der Waals surface area contributed by atoms with E-state index in [1.807, 2.05) is 12.1 Å². The van der Waals surface area contributed by atoms with Crippen molar-refractivity contribution in [2.75, 3.05) is 11.9 Å². The number of benzene rings is 1. The molecule has 1 aromatic heterocycles. The number of halogens is 2. The molecule has 5 heteroatoms. The lowest BCUT2D eigenvalue weighted by Gasteiger charge is -2.09. The van der Waals surface area contributed by atoms with Gasteiger partial charge in [-0.05, 0) is 42.3 Å². The van der Waals surface area contributed by atoms with Crippen molar-refractivity contribution in [1.29, 1.82) is 0 Å². The Morgan fingerprint density at radius 3 is 2.95 bits per heavy atom. The molecule has 0 atom stereocenters. The molecule has 0 bridgehead atoms. The first kappa shape index (κ1) is 14.8. The molecule has 0 unspecified atom stereocenters. The summed E-state index contributed by atoms with van der Waals surface area (Å²) in [5, 5.41) is 3.21. The molecule has 0 saturated heterocycles. The Morgan fingerprint density at radius 1 is 1.30 bits per heavy atom. The van der Waals surface area contributed by atoms with Crippen LogP contribution in [0.3, 0.4) is 0 Å². The lowest BCUT2D eigenvalue weighted by atomic mass is 10.2. The molecule has 0 spiro atoms. The number of nitrogens with zero attached hydrogens (tertiary/aromatic N) is 1. The fraction of sp³-hybridized carbons (Fsp3) is 0.267. The predicted octanol–water partition coefficient (Wildman–Crippen LogP) is 4.38. The van der Waals surface area contributed by atoms with Gasteiger partial charge in [-0.1, -0.05) is 22.9 Å². The molecule has 0 fully saturated rings. The molecule has 0 aliphatic carbocycles. The molecular weight excluding hydrogens is 323 g/mol. The smallest absolute Gasteiger partial charge is 0.165 e. The zero-order valence-electron chi connectivity index (χ0n) is 11.2. The van der Waals surface area contributed by atoms with Crippen LogP contribution in [0.25, 0.3) is 0 Å². The maximum Gasteiger partial charge on any atom is 0.165 e. The molecule has 2 rings (SSSR count). The summed E-state index contributed by atoms with van der Waals surface area (Å²) in [7, 11) is 0. The Morgan fingerprint density at radius 2 is 2.15 bits per heavy atom. The lowest BCUT2D eigenvalue weighted by molar-refractivity contribution is 0.290. The fourth-order valence-electron chi connectivity index (χ4n) is 1.66. The molecule has 0 amide bonds. The van der Waals surface area contributed by atoms with E-state index in [1.54, 1.807) is 18.3 Å². The summed E-state index contributed by atoms with van der Waals surface area (Å²) in [6.45, 7) is 3.27. The topological polar surface area (TPSA) is 34.1 Å². The van der Waals surface area contributed by atoms with Crippen LogP contribution in [0, 0.1) is 5.82 Å². The molecule has 1 heterocycles. The molecule has 0 aliphatic heterocycles. The van der Waals surface area contributed by atoms with Crippen LogP contribution in [0.1, 0.15) is 18.9 Å². The SMILES string of the molecule is CCCNc1cc(COc2cc(Br)ccc2F)ccn1. The number of hydrogen-bond donors (Lipinski definition) is 1. The average Bonchev–Trinajstić information content (AvgIpc) is 2.46. The summed E-state index contributed by atoms with van der Waals surface area (Å²) < 4.78 is 19.8. The van der Waals surface area contributed by atoms with Crippen molar-refractivity contribution in [2.45, 2.75) is 20.0 Å². The van der Waals surface area contributed by atoms with E-state index >= 15 is 0 Å². The number of nitrogens with one attached hydrogen (secondary N) is 1. The van der Waals surface area contributed by atoms with Crippen LogP contribution >= 0.6 is 15.9 Å². The predicted molar refractivity (Wildman–Crippen MR) is 81.4 cm³/mol. The van der Waals surface area contributed by atoms with Gasteiger partial charge in [0.15, 0.2) is 11.6 Å². The van der Waals surface area contributed by atoms with Crippen molar-refractivity contribution in [3.05, 3.63) is 52.4 Å². The van der Waals surface area contributed by atoms with E-state index in [9.17, 15) is 4.39 Å². The second-order valence-electron chi connectivity index (χ2n) is 4.34. The standard InChI is InChI=1S/C15H16BrFN2O/c1-2-6-18-15-8-11(5-7-19-15)10-20-14-9-12(16)3-4-13(14)17/h3-5,7-9H,2,6,10H2,1H3,(H,18,19). The third-order valence-electron chi connectivity index (χ3n) is 2.67. The largest absolute Gasteiger partial charge is 0.486 e. The average molecular weight is 339 g/mol. The van der Waals surface area contributed by atoms with Crippen LogP contribution in [0.15, 0.2) is 41.0 Å². The fourth-order valence-corrected chi connectivity index (χ4v) is 2.00. The molecule has 1 N–H and O–H groups in total. The van der Waals surface area contributed by atoms with Crippen LogP contribution in [0.5, 0.6) is 5.75 Å². The second kappa shape index (κ2) is 7.24. The van der Waals surface area contributed by atoms with Crippen LogP contribution in [-0.4, -0.2) is 11.5 Å². The summed E-state index contributed by atoms with van der Waals surface area (Å²) >= 11 is 3.30. The summed E-state index contributed by atoms with van der Waals surface area (Å²) in [5.74, 6) is 0.675. The van der Waals surface area contributed by atoms with E-state index in [0.29, 0.717) is 6.61 Å². The number of ether oxygens (including phenoxy) is 1. The first-order valence-corrected chi connectivity index (χ1v) is 7.25. The van der Waals surface area contributed by atoms with E-state index in [4.69, 9.17) is 4.74 Å². The maximum absolute atomic E-state index is 13.5. The Labute approximate surface area is 126 Å². The van der Waals surface area contributed by atoms with Crippen LogP contribution < -0.4 is 10.1 Å². The summed E-state index contributed by atoms with van der Waals surface area (Å²) in [6, 6.07) is 8.40. The Kier molecular flexibility index (Phi) is 5.35. The van der Waals surface area contributed by atoms with Crippen molar-refractivity contribution in [1.82, 2.24) is 4.98 Å². The van der Waals surface area contributed by atoms with Gasteiger partial charge in [0.25, 0.3) is 0 Å². The Bertz CT molecular complexity index is 578. The molecule has 3 nitrogen and oxygen atoms in total. The van der Waals surface area contributed by atoms with Gasteiger partial charge in [-0.25, -0.2) is 9.37 Å². The summed E-state index contributed by atoms with van der Waals surface area (Å²) in [6.07, 6.45) is 2.75. The monoisotopic (exact) mass is 338 g/mol. The molecule has 0 radical (unpaired) electrons. The molecular formula is C15H16BrFN2O. The van der Waals surface area contributed by atoms with Gasteiger partial charge >= 0.3 is 0 Å². The van der Waals surface area contributed by atoms with Crippen molar-refractivity contribution in [2.24, 2.45) is 0 Å². The highest BCUT2D eigenvalue weighted by Gasteiger charge is 2.05. The third kappa shape index (κ3) is 4.20. The minimum Gasteiger partial charge on any atom is -0.486 e. The van der Waals surface area contributed by atoms with Crippen molar-refractivity contribution >= 4 is 21.7 Å². The third-order valence-corrected chi connectivity index (χ3v) is 3.16. The highest BCUT2D eigenvalue weighted by Crippen LogP contribution is 2.23. The van der Waals surface area contributed by atoms with Crippen molar-refractivity contribution in [3.8, 4) is 5.75 Å². The van der Waals surface area contributed by atoms with Crippen LogP contribution in [-0.2, 0) is 6.61 Å². The molecule has 20 heavy (non-hydrogen) atoms. The summed E-state index contributed by atoms with van der Waals surface area (Å²) in [5.41, 5.74) is 0.943. The molecule has 0 saturated carbocycles.